The number of ether oxygens (including phenoxy) is 1. The molecule has 0 amide bonds. The second kappa shape index (κ2) is 4.63. The molecule has 1 aliphatic rings. The van der Waals surface area contributed by atoms with Crippen molar-refractivity contribution >= 4 is 8.41 Å². The van der Waals surface area contributed by atoms with Crippen LogP contribution in [-0.4, -0.2) is 21.1 Å². The van der Waals surface area contributed by atoms with E-state index in [4.69, 9.17) is 4.74 Å². The maximum Gasteiger partial charge on any atom is 0.0610 e. The summed E-state index contributed by atoms with van der Waals surface area (Å²) in [5.41, 5.74) is 0. The molecule has 0 aromatic rings. The Balaban J connectivity index is 0.000000640. The smallest absolute Gasteiger partial charge is 0.0610 e. The monoisotopic (exact) mass is 123 g/mol. The molecule has 1 saturated heterocycles. The van der Waals surface area contributed by atoms with Gasteiger partial charge < -0.3 is 4.74 Å². The summed E-state index contributed by atoms with van der Waals surface area (Å²) < 4.78 is 5.32. The van der Waals surface area contributed by atoms with Crippen molar-refractivity contribution in [1.82, 2.24) is 0 Å². The zero-order valence-electron chi connectivity index (χ0n) is 5.68. The average Bonchev–Trinajstić information content (AvgIpc) is 2.19. The molecule has 0 saturated carbocycles. The molecule has 0 aliphatic carbocycles. The third-order valence-electron chi connectivity index (χ3n) is 1.45. The van der Waals surface area contributed by atoms with Gasteiger partial charge in [-0.05, 0) is 19.3 Å². The topological polar surface area (TPSA) is 9.23 Å². The molecule has 1 atom stereocenters. The van der Waals surface area contributed by atoms with Crippen LogP contribution in [0.1, 0.15) is 19.3 Å². The Morgan fingerprint density at radius 3 is 2.89 bits per heavy atom. The van der Waals surface area contributed by atoms with E-state index in [0.717, 1.165) is 13.0 Å². The summed E-state index contributed by atoms with van der Waals surface area (Å²) in [6.07, 6.45) is 5.91. The van der Waals surface area contributed by atoms with Gasteiger partial charge in [-0.3, -0.25) is 0 Å². The van der Waals surface area contributed by atoms with E-state index in [1.54, 1.807) is 0 Å². The first-order valence-electron chi connectivity index (χ1n) is 3.16. The highest BCUT2D eigenvalue weighted by Crippen LogP contribution is 2.14. The fourth-order valence-corrected chi connectivity index (χ4v) is 1.02. The standard InChI is InChI=1S/C7H12O.B/c1-2-4-7-5-3-6-8-7;/h2,7H,1,3-6H2;. The van der Waals surface area contributed by atoms with E-state index in [0.29, 0.717) is 6.10 Å². The maximum absolute atomic E-state index is 5.32. The molecule has 1 nitrogen and oxygen atoms in total. The summed E-state index contributed by atoms with van der Waals surface area (Å²) in [6.45, 7) is 4.60. The van der Waals surface area contributed by atoms with Gasteiger partial charge in [-0.25, -0.2) is 0 Å². The molecule has 0 N–H and O–H groups in total. The first-order valence-corrected chi connectivity index (χ1v) is 3.16. The maximum atomic E-state index is 5.32. The molecule has 49 valence electrons. The number of rotatable bonds is 2. The van der Waals surface area contributed by atoms with Crippen LogP contribution in [0.15, 0.2) is 12.7 Å². The van der Waals surface area contributed by atoms with Crippen molar-refractivity contribution in [2.75, 3.05) is 6.61 Å². The van der Waals surface area contributed by atoms with Crippen molar-refractivity contribution in [3.63, 3.8) is 0 Å². The molecule has 2 heteroatoms. The third kappa shape index (κ3) is 2.71. The fourth-order valence-electron chi connectivity index (χ4n) is 1.02. The van der Waals surface area contributed by atoms with Crippen LogP contribution in [0.2, 0.25) is 0 Å². The van der Waals surface area contributed by atoms with E-state index in [1.807, 2.05) is 6.08 Å². The summed E-state index contributed by atoms with van der Waals surface area (Å²) in [5.74, 6) is 0. The third-order valence-corrected chi connectivity index (χ3v) is 1.45. The lowest BCUT2D eigenvalue weighted by molar-refractivity contribution is 0.113. The van der Waals surface area contributed by atoms with Crippen LogP contribution in [0.25, 0.3) is 0 Å². The molecule has 0 spiro atoms. The van der Waals surface area contributed by atoms with Crippen LogP contribution in [-0.2, 0) is 4.74 Å². The van der Waals surface area contributed by atoms with Crippen molar-refractivity contribution in [2.24, 2.45) is 0 Å². The zero-order valence-corrected chi connectivity index (χ0v) is 5.68. The van der Waals surface area contributed by atoms with E-state index in [9.17, 15) is 0 Å². The van der Waals surface area contributed by atoms with Crippen LogP contribution >= 0.6 is 0 Å². The van der Waals surface area contributed by atoms with E-state index in [1.165, 1.54) is 12.8 Å². The molecule has 0 bridgehead atoms. The number of hydrogen-bond acceptors (Lipinski definition) is 1. The Hall–Kier alpha value is -0.235. The summed E-state index contributed by atoms with van der Waals surface area (Å²) in [6, 6.07) is 0. The first kappa shape index (κ1) is 8.76. The van der Waals surface area contributed by atoms with Gasteiger partial charge in [0.15, 0.2) is 0 Å². The van der Waals surface area contributed by atoms with Crippen LogP contribution in [0.5, 0.6) is 0 Å². The quantitative estimate of drug-likeness (QED) is 0.398. The largest absolute Gasteiger partial charge is 0.378 e. The second-order valence-corrected chi connectivity index (χ2v) is 2.16. The van der Waals surface area contributed by atoms with E-state index < -0.39 is 0 Å². The molecule has 9 heavy (non-hydrogen) atoms. The summed E-state index contributed by atoms with van der Waals surface area (Å²) in [7, 11) is 0. The highest BCUT2D eigenvalue weighted by Gasteiger charge is 2.12. The lowest BCUT2D eigenvalue weighted by atomic mass is 10.2. The summed E-state index contributed by atoms with van der Waals surface area (Å²) in [5, 5.41) is 0. The Bertz CT molecular complexity index is 77.0. The molecule has 1 fully saturated rings. The highest BCUT2D eigenvalue weighted by molar-refractivity contribution is 5.75. The van der Waals surface area contributed by atoms with Crippen molar-refractivity contribution in [1.29, 1.82) is 0 Å². The molecule has 1 unspecified atom stereocenters. The second-order valence-electron chi connectivity index (χ2n) is 2.16. The van der Waals surface area contributed by atoms with Gasteiger partial charge in [0, 0.05) is 15.0 Å². The van der Waals surface area contributed by atoms with E-state index in [2.05, 4.69) is 6.58 Å². The molecule has 1 rings (SSSR count). The van der Waals surface area contributed by atoms with E-state index >= 15 is 0 Å². The lowest BCUT2D eigenvalue weighted by Crippen LogP contribution is -2.01. The highest BCUT2D eigenvalue weighted by atomic mass is 16.5. The van der Waals surface area contributed by atoms with Gasteiger partial charge in [0.25, 0.3) is 0 Å². The predicted octanol–water partition coefficient (Wildman–Crippen LogP) is 1.36. The van der Waals surface area contributed by atoms with Gasteiger partial charge in [-0.2, -0.15) is 0 Å². The molecule has 3 radical (unpaired) electrons. The van der Waals surface area contributed by atoms with Gasteiger partial charge in [0.05, 0.1) is 6.10 Å². The van der Waals surface area contributed by atoms with Crippen molar-refractivity contribution in [2.45, 2.75) is 25.4 Å². The SMILES string of the molecule is C=CCC1CCCO1.[B]. The summed E-state index contributed by atoms with van der Waals surface area (Å²) >= 11 is 0. The lowest BCUT2D eigenvalue weighted by Gasteiger charge is -2.02. The number of hydrogen-bond donors (Lipinski definition) is 0. The van der Waals surface area contributed by atoms with Gasteiger partial charge in [0.1, 0.15) is 0 Å². The predicted molar refractivity (Wildman–Crippen MR) is 39.5 cm³/mol. The minimum Gasteiger partial charge on any atom is -0.378 e. The van der Waals surface area contributed by atoms with Crippen LogP contribution in [0, 0.1) is 0 Å². The normalized spacial score (nSPS) is 25.1. The molecule has 1 aliphatic heterocycles. The van der Waals surface area contributed by atoms with Crippen molar-refractivity contribution in [3.8, 4) is 0 Å². The minimum absolute atomic E-state index is 0. The molecular formula is C7H12BO. The Morgan fingerprint density at radius 2 is 2.44 bits per heavy atom. The minimum atomic E-state index is 0. The molecule has 1 heterocycles. The van der Waals surface area contributed by atoms with Gasteiger partial charge in [-0.1, -0.05) is 6.08 Å². The van der Waals surface area contributed by atoms with Crippen molar-refractivity contribution < 1.29 is 4.74 Å². The summed E-state index contributed by atoms with van der Waals surface area (Å²) in [4.78, 5) is 0. The van der Waals surface area contributed by atoms with E-state index in [-0.39, 0.29) is 8.41 Å². The molecule has 0 aromatic carbocycles. The Morgan fingerprint density at radius 1 is 1.67 bits per heavy atom. The fraction of sp³-hybridized carbons (Fsp3) is 0.714. The van der Waals surface area contributed by atoms with Crippen LogP contribution < -0.4 is 0 Å². The Kier molecular flexibility index (Phi) is 4.50. The first-order chi connectivity index (χ1) is 3.93. The van der Waals surface area contributed by atoms with Crippen LogP contribution in [0.4, 0.5) is 0 Å². The van der Waals surface area contributed by atoms with Crippen molar-refractivity contribution in [3.05, 3.63) is 12.7 Å². The zero-order chi connectivity index (χ0) is 5.82. The van der Waals surface area contributed by atoms with Gasteiger partial charge in [-0.15, -0.1) is 6.58 Å². The van der Waals surface area contributed by atoms with Gasteiger partial charge >= 0.3 is 0 Å². The molecular weight excluding hydrogens is 111 g/mol. The average molecular weight is 123 g/mol. The Labute approximate surface area is 58.7 Å². The van der Waals surface area contributed by atoms with Crippen LogP contribution in [0.3, 0.4) is 0 Å². The van der Waals surface area contributed by atoms with Gasteiger partial charge in [0.2, 0.25) is 0 Å². The molecule has 0 aromatic heterocycles.